The fraction of sp³-hybridized carbons (Fsp3) is 0.188. The van der Waals surface area contributed by atoms with Crippen molar-refractivity contribution in [2.75, 3.05) is 6.26 Å². The maximum atomic E-state index is 13.3. The highest BCUT2D eigenvalue weighted by molar-refractivity contribution is 7.90. The molecular formula is C16H14ClF2NO3S. The summed E-state index contributed by atoms with van der Waals surface area (Å²) in [5, 5.41) is 2.65. The van der Waals surface area contributed by atoms with E-state index in [2.05, 4.69) is 5.32 Å². The van der Waals surface area contributed by atoms with Gasteiger partial charge in [-0.25, -0.2) is 17.2 Å². The number of nitrogens with one attached hydrogen (secondary N) is 1. The van der Waals surface area contributed by atoms with Gasteiger partial charge in [-0.05, 0) is 42.8 Å². The van der Waals surface area contributed by atoms with Crippen molar-refractivity contribution < 1.29 is 22.0 Å². The van der Waals surface area contributed by atoms with Crippen molar-refractivity contribution >= 4 is 27.3 Å². The number of rotatable bonds is 4. The summed E-state index contributed by atoms with van der Waals surface area (Å²) in [4.78, 5) is 12.3. The molecule has 24 heavy (non-hydrogen) atoms. The van der Waals surface area contributed by atoms with Crippen LogP contribution in [0.3, 0.4) is 0 Å². The van der Waals surface area contributed by atoms with Gasteiger partial charge in [0.05, 0.1) is 21.5 Å². The Kier molecular flexibility index (Phi) is 5.25. The Bertz CT molecular complexity index is 900. The molecule has 0 heterocycles. The Hall–Kier alpha value is -1.99. The monoisotopic (exact) mass is 373 g/mol. The largest absolute Gasteiger partial charge is 0.345 e. The lowest BCUT2D eigenvalue weighted by Crippen LogP contribution is -2.27. The Morgan fingerprint density at radius 1 is 1.12 bits per heavy atom. The minimum Gasteiger partial charge on any atom is -0.345 e. The number of carbonyl (C=O) groups excluding carboxylic acids is 1. The SMILES string of the molecule is CC(NC(=O)c1cc(S(C)(=O)=O)ccc1Cl)c1ccc(F)c(F)c1. The van der Waals surface area contributed by atoms with E-state index in [9.17, 15) is 22.0 Å². The number of sulfone groups is 1. The third-order valence-corrected chi connectivity index (χ3v) is 4.84. The van der Waals surface area contributed by atoms with Gasteiger partial charge in [0.2, 0.25) is 0 Å². The van der Waals surface area contributed by atoms with Crippen LogP contribution in [0.15, 0.2) is 41.3 Å². The van der Waals surface area contributed by atoms with Crippen LogP contribution in [0.1, 0.15) is 28.9 Å². The second kappa shape index (κ2) is 6.86. The van der Waals surface area contributed by atoms with Gasteiger partial charge in [-0.1, -0.05) is 17.7 Å². The average Bonchev–Trinajstić information content (AvgIpc) is 2.49. The maximum Gasteiger partial charge on any atom is 0.253 e. The molecule has 1 amide bonds. The second-order valence-corrected chi connectivity index (χ2v) is 7.71. The van der Waals surface area contributed by atoms with E-state index in [1.54, 1.807) is 6.92 Å². The standard InChI is InChI=1S/C16H14ClF2NO3S/c1-9(10-3-6-14(18)15(19)7-10)20-16(21)12-8-11(24(2,22)23)4-5-13(12)17/h3-9H,1-2H3,(H,20,21). The second-order valence-electron chi connectivity index (χ2n) is 5.28. The lowest BCUT2D eigenvalue weighted by atomic mass is 10.1. The molecule has 8 heteroatoms. The van der Waals surface area contributed by atoms with Crippen molar-refractivity contribution in [3.63, 3.8) is 0 Å². The highest BCUT2D eigenvalue weighted by Crippen LogP contribution is 2.22. The van der Waals surface area contributed by atoms with Gasteiger partial charge in [0, 0.05) is 6.26 Å². The minimum atomic E-state index is -3.50. The third kappa shape index (κ3) is 4.10. The molecule has 0 aliphatic rings. The summed E-state index contributed by atoms with van der Waals surface area (Å²) >= 11 is 5.95. The summed E-state index contributed by atoms with van der Waals surface area (Å²) in [6, 6.07) is 6.44. The van der Waals surface area contributed by atoms with Crippen LogP contribution >= 0.6 is 11.6 Å². The van der Waals surface area contributed by atoms with Crippen LogP contribution in [0.25, 0.3) is 0 Å². The van der Waals surface area contributed by atoms with E-state index in [1.165, 1.54) is 24.3 Å². The predicted octanol–water partition coefficient (Wildman–Crippen LogP) is 3.51. The molecule has 0 radical (unpaired) electrons. The van der Waals surface area contributed by atoms with Crippen molar-refractivity contribution in [1.29, 1.82) is 0 Å². The Labute approximate surface area is 143 Å². The molecule has 0 aromatic heterocycles. The van der Waals surface area contributed by atoms with E-state index in [0.717, 1.165) is 18.4 Å². The first-order chi connectivity index (χ1) is 11.1. The first-order valence-electron chi connectivity index (χ1n) is 6.85. The zero-order valence-corrected chi connectivity index (χ0v) is 14.4. The molecule has 0 aliphatic carbocycles. The maximum absolute atomic E-state index is 13.3. The number of hydrogen-bond acceptors (Lipinski definition) is 3. The number of halogens is 3. The Morgan fingerprint density at radius 3 is 2.38 bits per heavy atom. The molecule has 1 N–H and O–H groups in total. The molecule has 0 aliphatic heterocycles. The van der Waals surface area contributed by atoms with E-state index in [0.29, 0.717) is 5.56 Å². The molecule has 2 aromatic rings. The molecule has 1 atom stereocenters. The van der Waals surface area contributed by atoms with Gasteiger partial charge in [0.25, 0.3) is 5.91 Å². The summed E-state index contributed by atoms with van der Waals surface area (Å²) in [6.07, 6.45) is 1.02. The van der Waals surface area contributed by atoms with E-state index in [4.69, 9.17) is 11.6 Å². The van der Waals surface area contributed by atoms with Crippen LogP contribution in [-0.4, -0.2) is 20.6 Å². The number of benzene rings is 2. The molecule has 0 saturated heterocycles. The molecule has 1 unspecified atom stereocenters. The lowest BCUT2D eigenvalue weighted by Gasteiger charge is -2.15. The summed E-state index contributed by atoms with van der Waals surface area (Å²) in [5.74, 6) is -2.63. The molecular weight excluding hydrogens is 360 g/mol. The first-order valence-corrected chi connectivity index (χ1v) is 9.12. The summed E-state index contributed by atoms with van der Waals surface area (Å²) in [6.45, 7) is 1.58. The summed E-state index contributed by atoms with van der Waals surface area (Å²) in [5.41, 5.74) is 0.340. The molecule has 0 bridgehead atoms. The van der Waals surface area contributed by atoms with E-state index < -0.39 is 33.4 Å². The van der Waals surface area contributed by atoms with Crippen LogP contribution in [-0.2, 0) is 9.84 Å². The molecule has 0 saturated carbocycles. The van der Waals surface area contributed by atoms with Gasteiger partial charge in [0.15, 0.2) is 21.5 Å². The fourth-order valence-electron chi connectivity index (χ4n) is 2.05. The van der Waals surface area contributed by atoms with Crippen molar-refractivity contribution in [2.24, 2.45) is 0 Å². The molecule has 128 valence electrons. The molecule has 0 spiro atoms. The highest BCUT2D eigenvalue weighted by Gasteiger charge is 2.18. The van der Waals surface area contributed by atoms with Crippen molar-refractivity contribution in [3.8, 4) is 0 Å². The van der Waals surface area contributed by atoms with E-state index in [1.807, 2.05) is 0 Å². The topological polar surface area (TPSA) is 63.2 Å². The van der Waals surface area contributed by atoms with Gasteiger partial charge < -0.3 is 5.32 Å². The normalized spacial score (nSPS) is 12.7. The summed E-state index contributed by atoms with van der Waals surface area (Å²) in [7, 11) is -3.50. The molecule has 0 fully saturated rings. The molecule has 4 nitrogen and oxygen atoms in total. The highest BCUT2D eigenvalue weighted by atomic mass is 35.5. The van der Waals surface area contributed by atoms with Crippen LogP contribution in [0.5, 0.6) is 0 Å². The summed E-state index contributed by atoms with van der Waals surface area (Å²) < 4.78 is 49.4. The zero-order chi connectivity index (χ0) is 18.1. The number of carbonyl (C=O) groups is 1. The van der Waals surface area contributed by atoms with Gasteiger partial charge in [-0.2, -0.15) is 0 Å². The molecule has 2 aromatic carbocycles. The molecule has 2 rings (SSSR count). The smallest absolute Gasteiger partial charge is 0.253 e. The predicted molar refractivity (Wildman–Crippen MR) is 86.8 cm³/mol. The first kappa shape index (κ1) is 18.4. The van der Waals surface area contributed by atoms with Crippen LogP contribution in [0.4, 0.5) is 8.78 Å². The third-order valence-electron chi connectivity index (χ3n) is 3.40. The van der Waals surface area contributed by atoms with Gasteiger partial charge in [-0.3, -0.25) is 4.79 Å². The van der Waals surface area contributed by atoms with Gasteiger partial charge in [-0.15, -0.1) is 0 Å². The van der Waals surface area contributed by atoms with Crippen LogP contribution in [0.2, 0.25) is 5.02 Å². The quantitative estimate of drug-likeness (QED) is 0.892. The Morgan fingerprint density at radius 2 is 1.79 bits per heavy atom. The number of amides is 1. The van der Waals surface area contributed by atoms with Gasteiger partial charge >= 0.3 is 0 Å². The van der Waals surface area contributed by atoms with E-state index >= 15 is 0 Å². The lowest BCUT2D eigenvalue weighted by molar-refractivity contribution is 0.0939. The Balaban J connectivity index is 2.27. The minimum absolute atomic E-state index is 0.0194. The fourth-order valence-corrected chi connectivity index (χ4v) is 2.90. The van der Waals surface area contributed by atoms with Gasteiger partial charge in [0.1, 0.15) is 0 Å². The number of hydrogen-bond donors (Lipinski definition) is 1. The van der Waals surface area contributed by atoms with E-state index in [-0.39, 0.29) is 15.5 Å². The van der Waals surface area contributed by atoms with Crippen molar-refractivity contribution in [2.45, 2.75) is 17.9 Å². The van der Waals surface area contributed by atoms with Crippen LogP contribution < -0.4 is 5.32 Å². The van der Waals surface area contributed by atoms with Crippen molar-refractivity contribution in [3.05, 3.63) is 64.2 Å². The average molecular weight is 374 g/mol. The van der Waals surface area contributed by atoms with Crippen LogP contribution in [0, 0.1) is 11.6 Å². The van der Waals surface area contributed by atoms with Crippen molar-refractivity contribution in [1.82, 2.24) is 5.32 Å². The zero-order valence-electron chi connectivity index (χ0n) is 12.8.